The van der Waals surface area contributed by atoms with Crippen LogP contribution in [-0.2, 0) is 11.2 Å². The first-order chi connectivity index (χ1) is 13.6. The van der Waals surface area contributed by atoms with Crippen LogP contribution in [0.4, 0.5) is 0 Å². The third kappa shape index (κ3) is 6.04. The molecule has 1 aliphatic heterocycles. The smallest absolute Gasteiger partial charge is 0.222 e. The Morgan fingerprint density at radius 1 is 1.21 bits per heavy atom. The fourth-order valence-electron chi connectivity index (χ4n) is 3.57. The van der Waals surface area contributed by atoms with E-state index in [1.807, 2.05) is 23.1 Å². The molecule has 1 aromatic carbocycles. The lowest BCUT2D eigenvalue weighted by molar-refractivity contribution is -0.129. The summed E-state index contributed by atoms with van der Waals surface area (Å²) >= 11 is 0. The lowest BCUT2D eigenvalue weighted by Crippen LogP contribution is -2.42. The molecule has 1 atom stereocenters. The Balaban J connectivity index is 1.74. The van der Waals surface area contributed by atoms with Crippen molar-refractivity contribution in [2.75, 3.05) is 40.9 Å². The Morgan fingerprint density at radius 3 is 2.57 bits per heavy atom. The zero-order valence-electron chi connectivity index (χ0n) is 17.6. The number of methoxy groups -OCH3 is 2. The molecule has 2 rings (SSSR count). The van der Waals surface area contributed by atoms with E-state index in [9.17, 15) is 4.79 Å². The van der Waals surface area contributed by atoms with E-state index < -0.39 is 0 Å². The molecule has 1 unspecified atom stereocenters. The fraction of sp³-hybridized carbons (Fsp3) is 0.619. The van der Waals surface area contributed by atoms with Gasteiger partial charge in [-0.05, 0) is 43.4 Å². The summed E-state index contributed by atoms with van der Waals surface area (Å²) in [6.07, 6.45) is 4.45. The lowest BCUT2D eigenvalue weighted by atomic mass is 10.1. The zero-order valence-corrected chi connectivity index (χ0v) is 17.6. The number of benzene rings is 1. The van der Waals surface area contributed by atoms with Gasteiger partial charge in [0.2, 0.25) is 5.91 Å². The summed E-state index contributed by atoms with van der Waals surface area (Å²) < 4.78 is 10.6. The van der Waals surface area contributed by atoms with E-state index in [-0.39, 0.29) is 0 Å². The monoisotopic (exact) mass is 390 g/mol. The Kier molecular flexibility index (Phi) is 8.91. The molecule has 1 aromatic rings. The highest BCUT2D eigenvalue weighted by Gasteiger charge is 2.26. The van der Waals surface area contributed by atoms with E-state index in [0.29, 0.717) is 18.4 Å². The van der Waals surface area contributed by atoms with E-state index in [1.165, 1.54) is 5.56 Å². The largest absolute Gasteiger partial charge is 0.493 e. The molecule has 0 aromatic heterocycles. The van der Waals surface area contributed by atoms with Crippen LogP contribution in [0.3, 0.4) is 0 Å². The van der Waals surface area contributed by atoms with Crippen molar-refractivity contribution in [3.63, 3.8) is 0 Å². The number of hydrogen-bond acceptors (Lipinski definition) is 4. The maximum absolute atomic E-state index is 11.9. The Bertz CT molecular complexity index is 663. The fourth-order valence-corrected chi connectivity index (χ4v) is 3.57. The number of guanidine groups is 1. The van der Waals surface area contributed by atoms with Crippen molar-refractivity contribution >= 4 is 11.9 Å². The van der Waals surface area contributed by atoms with Gasteiger partial charge in [0.25, 0.3) is 0 Å². The molecule has 0 spiro atoms. The van der Waals surface area contributed by atoms with Gasteiger partial charge in [-0.1, -0.05) is 13.0 Å². The number of hydrogen-bond donors (Lipinski definition) is 2. The summed E-state index contributed by atoms with van der Waals surface area (Å²) in [7, 11) is 5.05. The van der Waals surface area contributed by atoms with Crippen molar-refractivity contribution in [3.8, 4) is 11.5 Å². The average Bonchev–Trinajstić information content (AvgIpc) is 3.15. The first-order valence-corrected chi connectivity index (χ1v) is 10.1. The molecule has 0 saturated carbocycles. The number of carbonyl (C=O) groups is 1. The van der Waals surface area contributed by atoms with Gasteiger partial charge in [-0.2, -0.15) is 0 Å². The lowest BCUT2D eigenvalue weighted by Gasteiger charge is -2.27. The minimum absolute atomic E-state index is 0.296. The van der Waals surface area contributed by atoms with E-state index >= 15 is 0 Å². The Labute approximate surface area is 168 Å². The van der Waals surface area contributed by atoms with Gasteiger partial charge in [-0.25, -0.2) is 0 Å². The third-order valence-electron chi connectivity index (χ3n) is 5.17. The van der Waals surface area contributed by atoms with Crippen molar-refractivity contribution < 1.29 is 14.3 Å². The molecule has 7 heteroatoms. The number of amides is 1. The van der Waals surface area contributed by atoms with E-state index in [2.05, 4.69) is 22.5 Å². The summed E-state index contributed by atoms with van der Waals surface area (Å²) in [5, 5.41) is 6.70. The van der Waals surface area contributed by atoms with Crippen molar-refractivity contribution in [3.05, 3.63) is 23.8 Å². The van der Waals surface area contributed by atoms with Crippen molar-refractivity contribution in [1.82, 2.24) is 15.5 Å². The number of likely N-dealkylation sites (tertiary alicyclic amines) is 1. The topological polar surface area (TPSA) is 75.2 Å². The van der Waals surface area contributed by atoms with Crippen LogP contribution in [0.5, 0.6) is 11.5 Å². The normalized spacial score (nSPS) is 15.5. The van der Waals surface area contributed by atoms with Crippen LogP contribution in [-0.4, -0.2) is 63.7 Å². The van der Waals surface area contributed by atoms with Gasteiger partial charge >= 0.3 is 0 Å². The Morgan fingerprint density at radius 2 is 1.96 bits per heavy atom. The molecule has 0 radical (unpaired) electrons. The van der Waals surface area contributed by atoms with E-state index in [4.69, 9.17) is 9.47 Å². The minimum Gasteiger partial charge on any atom is -0.493 e. The van der Waals surface area contributed by atoms with Crippen LogP contribution in [0.2, 0.25) is 0 Å². The predicted octanol–water partition coefficient (Wildman–Crippen LogP) is 2.20. The van der Waals surface area contributed by atoms with Gasteiger partial charge in [0, 0.05) is 39.1 Å². The van der Waals surface area contributed by atoms with Crippen molar-refractivity contribution in [1.29, 1.82) is 0 Å². The second-order valence-electron chi connectivity index (χ2n) is 6.91. The molecule has 1 aliphatic rings. The van der Waals surface area contributed by atoms with Crippen LogP contribution >= 0.6 is 0 Å². The third-order valence-corrected chi connectivity index (χ3v) is 5.17. The van der Waals surface area contributed by atoms with Crippen LogP contribution in [0.25, 0.3) is 0 Å². The van der Waals surface area contributed by atoms with Gasteiger partial charge < -0.3 is 25.0 Å². The SMILES string of the molecule is CCC(CCNC(=NC)NCCc1ccc(OC)c(OC)c1)N1CCCC1=O. The van der Waals surface area contributed by atoms with Crippen molar-refractivity contribution in [2.24, 2.45) is 4.99 Å². The number of nitrogens with zero attached hydrogens (tertiary/aromatic N) is 2. The number of nitrogens with one attached hydrogen (secondary N) is 2. The van der Waals surface area contributed by atoms with E-state index in [1.54, 1.807) is 21.3 Å². The van der Waals surface area contributed by atoms with Gasteiger partial charge in [0.1, 0.15) is 0 Å². The molecule has 156 valence electrons. The number of ether oxygens (including phenoxy) is 2. The Hall–Kier alpha value is -2.44. The molecule has 0 aliphatic carbocycles. The molecule has 28 heavy (non-hydrogen) atoms. The molecular weight excluding hydrogens is 356 g/mol. The molecular formula is C21H34N4O3. The number of rotatable bonds is 10. The highest BCUT2D eigenvalue weighted by molar-refractivity contribution is 5.79. The summed E-state index contributed by atoms with van der Waals surface area (Å²) in [5.41, 5.74) is 1.17. The molecule has 1 fully saturated rings. The first kappa shape index (κ1) is 21.9. The van der Waals surface area contributed by atoms with Gasteiger partial charge in [-0.3, -0.25) is 9.79 Å². The average molecular weight is 391 g/mol. The summed E-state index contributed by atoms with van der Waals surface area (Å²) in [6, 6.07) is 6.27. The molecule has 1 saturated heterocycles. The molecule has 2 N–H and O–H groups in total. The maximum Gasteiger partial charge on any atom is 0.222 e. The second-order valence-corrected chi connectivity index (χ2v) is 6.91. The molecule has 1 amide bonds. The van der Waals surface area contributed by atoms with Crippen LogP contribution in [0.15, 0.2) is 23.2 Å². The van der Waals surface area contributed by atoms with Gasteiger partial charge in [0.05, 0.1) is 14.2 Å². The van der Waals surface area contributed by atoms with E-state index in [0.717, 1.165) is 62.8 Å². The summed E-state index contributed by atoms with van der Waals surface area (Å²) in [5.74, 6) is 2.55. The minimum atomic E-state index is 0.296. The second kappa shape index (κ2) is 11.4. The molecule has 7 nitrogen and oxygen atoms in total. The number of carbonyl (C=O) groups excluding carboxylic acids is 1. The van der Waals surface area contributed by atoms with Crippen molar-refractivity contribution in [2.45, 2.75) is 45.1 Å². The number of aliphatic imine (C=N–C) groups is 1. The summed E-state index contributed by atoms with van der Waals surface area (Å²) in [4.78, 5) is 18.3. The quantitative estimate of drug-likeness (QED) is 0.473. The maximum atomic E-state index is 11.9. The van der Waals surface area contributed by atoms with Gasteiger partial charge in [-0.15, -0.1) is 0 Å². The van der Waals surface area contributed by atoms with Gasteiger partial charge in [0.15, 0.2) is 17.5 Å². The molecule has 0 bridgehead atoms. The molecule has 1 heterocycles. The zero-order chi connectivity index (χ0) is 20.4. The first-order valence-electron chi connectivity index (χ1n) is 10.1. The van der Waals surface area contributed by atoms with Crippen LogP contribution in [0.1, 0.15) is 38.2 Å². The highest BCUT2D eigenvalue weighted by Crippen LogP contribution is 2.27. The predicted molar refractivity (Wildman–Crippen MR) is 112 cm³/mol. The van der Waals surface area contributed by atoms with Crippen LogP contribution in [0, 0.1) is 0 Å². The highest BCUT2D eigenvalue weighted by atomic mass is 16.5. The summed E-state index contributed by atoms with van der Waals surface area (Å²) in [6.45, 7) is 4.59. The standard InChI is InChI=1S/C21H34N4O3/c1-5-17(25-14-6-7-20(25)26)11-13-24-21(22-2)23-12-10-16-8-9-18(27-3)19(15-16)28-4/h8-9,15,17H,5-7,10-14H2,1-4H3,(H2,22,23,24). The van der Waals surface area contributed by atoms with Crippen LogP contribution < -0.4 is 20.1 Å².